The topological polar surface area (TPSA) is 36.9 Å². The van der Waals surface area contributed by atoms with Crippen molar-refractivity contribution >= 4 is 23.2 Å². The van der Waals surface area contributed by atoms with Gasteiger partial charge in [-0.25, -0.2) is 0 Å². The molecular weight excluding hydrogens is 571 g/mol. The van der Waals surface area contributed by atoms with Crippen molar-refractivity contribution in [2.75, 3.05) is 38.2 Å². The van der Waals surface area contributed by atoms with Crippen LogP contribution < -0.4 is 0 Å². The van der Waals surface area contributed by atoms with Gasteiger partial charge in [-0.3, -0.25) is 0 Å². The molecule has 0 aliphatic rings. The number of hydrogen-bond donors (Lipinski definition) is 0. The van der Waals surface area contributed by atoms with Crippen LogP contribution in [-0.4, -0.2) is 50.8 Å². The third-order valence-electron chi connectivity index (χ3n) is 4.57. The van der Waals surface area contributed by atoms with Gasteiger partial charge in [0.2, 0.25) is 6.29 Å². The Balaban J connectivity index is -0.000000158. The zero-order valence-electron chi connectivity index (χ0n) is 22.3. The van der Waals surface area contributed by atoms with Crippen LogP contribution in [0.2, 0.25) is 0 Å². The summed E-state index contributed by atoms with van der Waals surface area (Å²) in [6.45, 7) is 10.7. The Kier molecular flexibility index (Phi) is 47.9. The maximum atomic E-state index is 5.62. The number of rotatable bonds is 21. The van der Waals surface area contributed by atoms with E-state index in [-0.39, 0.29) is 50.0 Å². The number of hydrogen-bond acceptors (Lipinski definition) is 4. The van der Waals surface area contributed by atoms with Crippen LogP contribution in [0.3, 0.4) is 0 Å². The van der Waals surface area contributed by atoms with E-state index in [9.17, 15) is 0 Å². The van der Waals surface area contributed by atoms with Gasteiger partial charge in [0, 0.05) is 82.0 Å². The van der Waals surface area contributed by atoms with Gasteiger partial charge < -0.3 is 18.9 Å². The van der Waals surface area contributed by atoms with Crippen LogP contribution in [0.4, 0.5) is 0 Å². The monoisotopic (exact) mass is 620 g/mol. The molecular formula is C26H52Cl2NiO4Zn. The number of alkyl halides is 2. The SMILES string of the molecule is CCOC(C#CCCCCCCCl)OCC.CCOC(CCCCCCCCCl)OCC.[HH].[Ni].[Zn]. The molecule has 0 fully saturated rings. The molecule has 0 saturated heterocycles. The van der Waals surface area contributed by atoms with Gasteiger partial charge in [-0.15, -0.1) is 23.2 Å². The Morgan fingerprint density at radius 3 is 1.47 bits per heavy atom. The molecule has 0 amide bonds. The summed E-state index contributed by atoms with van der Waals surface area (Å²) in [5.41, 5.74) is 0. The molecule has 4 nitrogen and oxygen atoms in total. The molecule has 0 aliphatic carbocycles. The second-order valence-electron chi connectivity index (χ2n) is 7.36. The van der Waals surface area contributed by atoms with Crippen molar-refractivity contribution < 1.29 is 56.3 Å². The van der Waals surface area contributed by atoms with Crippen LogP contribution in [0.5, 0.6) is 0 Å². The normalized spacial score (nSPS) is 10.1. The first-order valence-corrected chi connectivity index (χ1v) is 13.8. The summed E-state index contributed by atoms with van der Waals surface area (Å²) < 4.78 is 21.6. The van der Waals surface area contributed by atoms with Crippen molar-refractivity contribution in [1.82, 2.24) is 0 Å². The van der Waals surface area contributed by atoms with Crippen molar-refractivity contribution in [3.63, 3.8) is 0 Å². The van der Waals surface area contributed by atoms with Gasteiger partial charge in [-0.05, 0) is 65.7 Å². The maximum Gasteiger partial charge on any atom is 0.222 e. The number of ether oxygens (including phenoxy) is 4. The van der Waals surface area contributed by atoms with Crippen LogP contribution in [-0.2, 0) is 54.9 Å². The minimum absolute atomic E-state index is 0. The third-order valence-corrected chi connectivity index (χ3v) is 5.10. The first-order chi connectivity index (χ1) is 15.7. The number of unbranched alkanes of at least 4 members (excludes halogenated alkanes) is 9. The Labute approximate surface area is 245 Å². The molecule has 0 N–H and O–H groups in total. The van der Waals surface area contributed by atoms with Gasteiger partial charge in [-0.1, -0.05) is 44.4 Å². The largest absolute Gasteiger partial charge is 0.353 e. The zero-order valence-corrected chi connectivity index (χ0v) is 27.8. The van der Waals surface area contributed by atoms with Gasteiger partial charge in [0.05, 0.1) is 0 Å². The van der Waals surface area contributed by atoms with Gasteiger partial charge in [-0.2, -0.15) is 0 Å². The van der Waals surface area contributed by atoms with Crippen LogP contribution in [0.1, 0.15) is 106 Å². The quantitative estimate of drug-likeness (QED) is 0.0425. The Hall–Kier alpha value is 1.10. The molecule has 0 aromatic rings. The molecule has 0 aliphatic heterocycles. The van der Waals surface area contributed by atoms with E-state index < -0.39 is 0 Å². The Morgan fingerprint density at radius 1 is 0.618 bits per heavy atom. The molecule has 0 heterocycles. The summed E-state index contributed by atoms with van der Waals surface area (Å²) in [6, 6.07) is 0. The number of halogens is 2. The molecule has 0 aromatic heterocycles. The van der Waals surface area contributed by atoms with E-state index in [1.54, 1.807) is 0 Å². The molecule has 0 spiro atoms. The van der Waals surface area contributed by atoms with E-state index in [2.05, 4.69) is 11.8 Å². The van der Waals surface area contributed by atoms with Crippen LogP contribution in [0.25, 0.3) is 0 Å². The molecule has 0 unspecified atom stereocenters. The predicted molar refractivity (Wildman–Crippen MR) is 141 cm³/mol. The Bertz CT molecular complexity index is 407. The van der Waals surface area contributed by atoms with E-state index in [1.165, 1.54) is 44.9 Å². The fourth-order valence-electron chi connectivity index (χ4n) is 2.95. The Morgan fingerprint density at radius 2 is 1.03 bits per heavy atom. The zero-order chi connectivity index (χ0) is 24.1. The average molecular weight is 624 g/mol. The molecule has 0 radical (unpaired) electrons. The van der Waals surface area contributed by atoms with Crippen molar-refractivity contribution in [2.24, 2.45) is 0 Å². The molecule has 0 saturated carbocycles. The second-order valence-corrected chi connectivity index (χ2v) is 8.11. The van der Waals surface area contributed by atoms with E-state index in [4.69, 9.17) is 42.1 Å². The third kappa shape index (κ3) is 35.3. The van der Waals surface area contributed by atoms with Crippen molar-refractivity contribution in [2.45, 2.75) is 117 Å². The van der Waals surface area contributed by atoms with E-state index in [0.29, 0.717) is 13.2 Å². The fraction of sp³-hybridized carbons (Fsp3) is 0.923. The summed E-state index contributed by atoms with van der Waals surface area (Å²) in [6.07, 6.45) is 13.8. The first kappa shape index (κ1) is 42.2. The summed E-state index contributed by atoms with van der Waals surface area (Å²) >= 11 is 11.2. The van der Waals surface area contributed by atoms with E-state index in [0.717, 1.165) is 57.1 Å². The molecule has 206 valence electrons. The van der Waals surface area contributed by atoms with Crippen LogP contribution in [0.15, 0.2) is 0 Å². The smallest absolute Gasteiger partial charge is 0.222 e. The summed E-state index contributed by atoms with van der Waals surface area (Å²) in [4.78, 5) is 0. The van der Waals surface area contributed by atoms with Crippen molar-refractivity contribution in [3.8, 4) is 11.8 Å². The summed E-state index contributed by atoms with van der Waals surface area (Å²) in [5.74, 6) is 7.66. The fourth-order valence-corrected chi connectivity index (χ4v) is 3.33. The molecule has 0 rings (SSSR count). The van der Waals surface area contributed by atoms with Gasteiger partial charge >= 0.3 is 0 Å². The maximum absolute atomic E-state index is 5.62. The summed E-state index contributed by atoms with van der Waals surface area (Å²) in [5, 5.41) is 0. The van der Waals surface area contributed by atoms with Gasteiger partial charge in [0.15, 0.2) is 6.29 Å². The minimum atomic E-state index is -0.349. The van der Waals surface area contributed by atoms with Crippen molar-refractivity contribution in [1.29, 1.82) is 0 Å². The van der Waals surface area contributed by atoms with Crippen LogP contribution >= 0.6 is 23.2 Å². The van der Waals surface area contributed by atoms with Gasteiger partial charge in [0.25, 0.3) is 0 Å². The standard InChI is InChI=1S/C13H27ClO2.C13H23ClO2.Ni.Zn.H2/c2*1-3-15-13(16-4-2)11-9-7-5-6-8-10-12-14;;;/h13H,3-12H2,1-2H3;13H,3-8,10,12H2,1-2H3;;;1H. The molecule has 8 heteroatoms. The predicted octanol–water partition coefficient (Wildman–Crippen LogP) is 8.17. The molecule has 0 aromatic carbocycles. The second kappa shape index (κ2) is 38.6. The average Bonchev–Trinajstić information content (AvgIpc) is 2.79. The van der Waals surface area contributed by atoms with Crippen LogP contribution in [0, 0.1) is 11.8 Å². The summed E-state index contributed by atoms with van der Waals surface area (Å²) in [7, 11) is 0. The minimum Gasteiger partial charge on any atom is -0.353 e. The van der Waals surface area contributed by atoms with Gasteiger partial charge in [0.1, 0.15) is 0 Å². The van der Waals surface area contributed by atoms with E-state index in [1.807, 2.05) is 27.7 Å². The molecule has 0 atom stereocenters. The van der Waals surface area contributed by atoms with E-state index >= 15 is 0 Å². The molecule has 0 bridgehead atoms. The first-order valence-electron chi connectivity index (χ1n) is 12.8. The molecule has 34 heavy (non-hydrogen) atoms. The van der Waals surface area contributed by atoms with Crippen molar-refractivity contribution in [3.05, 3.63) is 0 Å².